The average Bonchev–Trinajstić information content (AvgIpc) is 2.32. The number of rotatable bonds is 2. The van der Waals surface area contributed by atoms with Crippen LogP contribution in [0.25, 0.3) is 11.1 Å². The SMILES string of the molecule is O=C(O)c1cncc(-c2cc(Cl)ccc2Cl)c1. The third-order valence-electron chi connectivity index (χ3n) is 2.22. The molecule has 0 unspecified atom stereocenters. The summed E-state index contributed by atoms with van der Waals surface area (Å²) in [6.45, 7) is 0. The van der Waals surface area contributed by atoms with Gasteiger partial charge in [0.2, 0.25) is 0 Å². The Balaban J connectivity index is 2.56. The van der Waals surface area contributed by atoms with E-state index in [4.69, 9.17) is 28.3 Å². The summed E-state index contributed by atoms with van der Waals surface area (Å²) in [5, 5.41) is 9.91. The summed E-state index contributed by atoms with van der Waals surface area (Å²) in [6.07, 6.45) is 2.83. The molecule has 0 radical (unpaired) electrons. The molecule has 0 aliphatic heterocycles. The molecule has 0 amide bonds. The van der Waals surface area contributed by atoms with E-state index in [9.17, 15) is 4.79 Å². The molecule has 0 saturated carbocycles. The lowest BCUT2D eigenvalue weighted by molar-refractivity contribution is 0.0696. The molecule has 0 spiro atoms. The highest BCUT2D eigenvalue weighted by atomic mass is 35.5. The summed E-state index contributed by atoms with van der Waals surface area (Å²) >= 11 is 11.9. The fourth-order valence-corrected chi connectivity index (χ4v) is 1.82. The summed E-state index contributed by atoms with van der Waals surface area (Å²) in [6, 6.07) is 6.51. The van der Waals surface area contributed by atoms with Crippen molar-refractivity contribution >= 4 is 29.2 Å². The number of aromatic carboxylic acids is 1. The quantitative estimate of drug-likeness (QED) is 0.902. The molecular formula is C12H7Cl2NO2. The standard InChI is InChI=1S/C12H7Cl2NO2/c13-9-1-2-11(14)10(4-9)7-3-8(12(16)17)6-15-5-7/h1-6H,(H,16,17). The Morgan fingerprint density at radius 3 is 2.65 bits per heavy atom. The topological polar surface area (TPSA) is 50.2 Å². The number of pyridine rings is 1. The molecule has 0 fully saturated rings. The van der Waals surface area contributed by atoms with Crippen LogP contribution in [0.15, 0.2) is 36.7 Å². The van der Waals surface area contributed by atoms with Gasteiger partial charge < -0.3 is 5.11 Å². The molecule has 17 heavy (non-hydrogen) atoms. The fraction of sp³-hybridized carbons (Fsp3) is 0. The second kappa shape index (κ2) is 4.73. The van der Waals surface area contributed by atoms with E-state index in [2.05, 4.69) is 4.98 Å². The highest BCUT2D eigenvalue weighted by molar-refractivity contribution is 6.35. The first-order valence-corrected chi connectivity index (χ1v) is 5.47. The van der Waals surface area contributed by atoms with Crippen molar-refractivity contribution in [2.75, 3.05) is 0 Å². The number of carboxylic acid groups (broad SMARTS) is 1. The number of hydrogen-bond acceptors (Lipinski definition) is 2. The van der Waals surface area contributed by atoms with Crippen molar-refractivity contribution in [3.05, 3.63) is 52.3 Å². The zero-order valence-electron chi connectivity index (χ0n) is 8.52. The van der Waals surface area contributed by atoms with Crippen LogP contribution in [0, 0.1) is 0 Å². The predicted octanol–water partition coefficient (Wildman–Crippen LogP) is 3.75. The first-order valence-electron chi connectivity index (χ1n) is 4.71. The summed E-state index contributed by atoms with van der Waals surface area (Å²) in [7, 11) is 0. The number of aromatic nitrogens is 1. The van der Waals surface area contributed by atoms with Gasteiger partial charge in [-0.15, -0.1) is 0 Å². The molecule has 0 aliphatic rings. The van der Waals surface area contributed by atoms with Crippen LogP contribution in [0.4, 0.5) is 0 Å². The summed E-state index contributed by atoms with van der Waals surface area (Å²) in [5.74, 6) is -1.03. The Morgan fingerprint density at radius 2 is 1.94 bits per heavy atom. The molecule has 1 aromatic carbocycles. The van der Waals surface area contributed by atoms with Crippen LogP contribution < -0.4 is 0 Å². The van der Waals surface area contributed by atoms with Gasteiger partial charge in [-0.2, -0.15) is 0 Å². The van der Waals surface area contributed by atoms with E-state index in [-0.39, 0.29) is 5.56 Å². The second-order valence-corrected chi connectivity index (χ2v) is 4.24. The van der Waals surface area contributed by atoms with Gasteiger partial charge in [0.05, 0.1) is 5.56 Å². The van der Waals surface area contributed by atoms with E-state index >= 15 is 0 Å². The monoisotopic (exact) mass is 267 g/mol. The fourth-order valence-electron chi connectivity index (χ4n) is 1.42. The van der Waals surface area contributed by atoms with Gasteiger partial charge >= 0.3 is 5.97 Å². The van der Waals surface area contributed by atoms with E-state index in [0.29, 0.717) is 21.2 Å². The Morgan fingerprint density at radius 1 is 1.18 bits per heavy atom. The number of nitrogens with zero attached hydrogens (tertiary/aromatic N) is 1. The van der Waals surface area contributed by atoms with Crippen molar-refractivity contribution in [1.29, 1.82) is 0 Å². The molecule has 2 rings (SSSR count). The number of benzene rings is 1. The molecule has 1 N–H and O–H groups in total. The molecule has 1 heterocycles. The van der Waals surface area contributed by atoms with E-state index in [0.717, 1.165) is 0 Å². The van der Waals surface area contributed by atoms with Crippen molar-refractivity contribution in [3.8, 4) is 11.1 Å². The van der Waals surface area contributed by atoms with Gasteiger partial charge in [0, 0.05) is 33.6 Å². The first-order chi connectivity index (χ1) is 8.08. The van der Waals surface area contributed by atoms with Crippen molar-refractivity contribution in [1.82, 2.24) is 4.98 Å². The zero-order chi connectivity index (χ0) is 12.4. The number of halogens is 2. The van der Waals surface area contributed by atoms with Crippen LogP contribution in [-0.2, 0) is 0 Å². The van der Waals surface area contributed by atoms with Gasteiger partial charge in [-0.3, -0.25) is 4.98 Å². The molecular weight excluding hydrogens is 261 g/mol. The third-order valence-corrected chi connectivity index (χ3v) is 2.79. The van der Waals surface area contributed by atoms with Crippen LogP contribution in [0.5, 0.6) is 0 Å². The van der Waals surface area contributed by atoms with E-state index < -0.39 is 5.97 Å². The van der Waals surface area contributed by atoms with Crippen LogP contribution in [0.1, 0.15) is 10.4 Å². The van der Waals surface area contributed by atoms with Gasteiger partial charge in [0.25, 0.3) is 0 Å². The first kappa shape index (κ1) is 11.9. The Kier molecular flexibility index (Phi) is 3.31. The summed E-state index contributed by atoms with van der Waals surface area (Å²) in [4.78, 5) is 14.7. The Bertz CT molecular complexity index is 584. The van der Waals surface area contributed by atoms with Crippen molar-refractivity contribution in [3.63, 3.8) is 0 Å². The van der Waals surface area contributed by atoms with Crippen molar-refractivity contribution in [2.45, 2.75) is 0 Å². The maximum Gasteiger partial charge on any atom is 0.337 e. The lowest BCUT2D eigenvalue weighted by Gasteiger charge is -2.05. The maximum atomic E-state index is 10.8. The summed E-state index contributed by atoms with van der Waals surface area (Å²) < 4.78 is 0. The Labute approximate surface area is 108 Å². The van der Waals surface area contributed by atoms with E-state index in [1.54, 1.807) is 24.4 Å². The van der Waals surface area contributed by atoms with Crippen LogP contribution in [-0.4, -0.2) is 16.1 Å². The van der Waals surface area contributed by atoms with Gasteiger partial charge in [0.1, 0.15) is 0 Å². The number of carboxylic acids is 1. The average molecular weight is 268 g/mol. The lowest BCUT2D eigenvalue weighted by atomic mass is 10.1. The zero-order valence-corrected chi connectivity index (χ0v) is 10.0. The molecule has 3 nitrogen and oxygen atoms in total. The summed E-state index contributed by atoms with van der Waals surface area (Å²) in [5.41, 5.74) is 1.39. The minimum Gasteiger partial charge on any atom is -0.478 e. The molecule has 1 aromatic heterocycles. The third kappa shape index (κ3) is 2.57. The number of hydrogen-bond donors (Lipinski definition) is 1. The minimum atomic E-state index is -1.03. The van der Waals surface area contributed by atoms with Crippen LogP contribution in [0.2, 0.25) is 10.0 Å². The molecule has 86 valence electrons. The van der Waals surface area contributed by atoms with Crippen molar-refractivity contribution in [2.24, 2.45) is 0 Å². The van der Waals surface area contributed by atoms with Gasteiger partial charge in [0.15, 0.2) is 0 Å². The predicted molar refractivity (Wildman–Crippen MR) is 66.7 cm³/mol. The second-order valence-electron chi connectivity index (χ2n) is 3.39. The van der Waals surface area contributed by atoms with Gasteiger partial charge in [-0.1, -0.05) is 23.2 Å². The number of carbonyl (C=O) groups is 1. The molecule has 0 atom stereocenters. The van der Waals surface area contributed by atoms with Gasteiger partial charge in [-0.25, -0.2) is 4.79 Å². The largest absolute Gasteiger partial charge is 0.478 e. The molecule has 0 saturated heterocycles. The lowest BCUT2D eigenvalue weighted by Crippen LogP contribution is -1.97. The molecule has 0 bridgehead atoms. The maximum absolute atomic E-state index is 10.8. The van der Waals surface area contributed by atoms with Crippen LogP contribution >= 0.6 is 23.2 Å². The van der Waals surface area contributed by atoms with Gasteiger partial charge in [-0.05, 0) is 24.3 Å². The molecule has 5 heteroatoms. The highest BCUT2D eigenvalue weighted by Crippen LogP contribution is 2.30. The van der Waals surface area contributed by atoms with E-state index in [1.807, 2.05) is 0 Å². The Hall–Kier alpha value is -1.58. The molecule has 0 aliphatic carbocycles. The minimum absolute atomic E-state index is 0.110. The normalized spacial score (nSPS) is 10.2. The van der Waals surface area contributed by atoms with Crippen LogP contribution in [0.3, 0.4) is 0 Å². The smallest absolute Gasteiger partial charge is 0.337 e. The highest BCUT2D eigenvalue weighted by Gasteiger charge is 2.08. The molecule has 2 aromatic rings. The van der Waals surface area contributed by atoms with E-state index in [1.165, 1.54) is 12.3 Å². The van der Waals surface area contributed by atoms with Crippen molar-refractivity contribution < 1.29 is 9.90 Å².